The van der Waals surface area contributed by atoms with Crippen LogP contribution in [0.3, 0.4) is 0 Å². The van der Waals surface area contributed by atoms with Crippen LogP contribution < -0.4 is 14.7 Å². The van der Waals surface area contributed by atoms with Gasteiger partial charge in [-0.05, 0) is 117 Å². The maximum Gasteiger partial charge on any atom is 0.0699 e. The summed E-state index contributed by atoms with van der Waals surface area (Å²) in [5.41, 5.74) is 8.66. The molecule has 0 aliphatic rings. The first-order chi connectivity index (χ1) is 16.5. The van der Waals surface area contributed by atoms with Gasteiger partial charge in [-0.1, -0.05) is 30.3 Å². The van der Waals surface area contributed by atoms with Crippen LogP contribution >= 0.6 is 0 Å². The molecule has 35 heavy (non-hydrogen) atoms. The normalized spacial score (nSPS) is 11.6. The number of anilines is 5. The van der Waals surface area contributed by atoms with Gasteiger partial charge in [-0.25, -0.2) is 0 Å². The Morgan fingerprint density at radius 1 is 0.457 bits per heavy atom. The molecule has 0 spiro atoms. The molecule has 0 aliphatic carbocycles. The van der Waals surface area contributed by atoms with E-state index in [9.17, 15) is 0 Å². The van der Waals surface area contributed by atoms with E-state index in [-0.39, 0.29) is 0 Å². The van der Waals surface area contributed by atoms with E-state index in [1.165, 1.54) is 39.6 Å². The van der Waals surface area contributed by atoms with Crippen molar-refractivity contribution in [2.75, 3.05) is 14.7 Å². The second-order valence-electron chi connectivity index (χ2n) is 10.8. The van der Waals surface area contributed by atoms with Gasteiger partial charge in [-0.3, -0.25) is 0 Å². The number of rotatable bonds is 9. The van der Waals surface area contributed by atoms with Crippen molar-refractivity contribution >= 4 is 28.4 Å². The van der Waals surface area contributed by atoms with Gasteiger partial charge in [0.1, 0.15) is 0 Å². The number of nitrogens with zero attached hydrogens (tertiary/aromatic N) is 3. The fourth-order valence-corrected chi connectivity index (χ4v) is 5.35. The van der Waals surface area contributed by atoms with E-state index in [0.29, 0.717) is 24.2 Å². The first-order valence-corrected chi connectivity index (χ1v) is 13.2. The van der Waals surface area contributed by atoms with Crippen molar-refractivity contribution in [3.05, 3.63) is 77.9 Å². The summed E-state index contributed by atoms with van der Waals surface area (Å²) in [6.07, 6.45) is 0. The van der Waals surface area contributed by atoms with Gasteiger partial charge in [-0.2, -0.15) is 0 Å². The zero-order chi connectivity index (χ0) is 25.9. The average Bonchev–Trinajstić information content (AvgIpc) is 2.77. The third kappa shape index (κ3) is 5.83. The SMILES string of the molecule is Cc1ccc(N(C(C)C)C(C)C)c(N(c2ccccc2)c2cc(C)ccc2N(C(C)C)C(C)C)c1. The van der Waals surface area contributed by atoms with Crippen LogP contribution in [0, 0.1) is 13.8 Å². The molecule has 3 rings (SSSR count). The smallest absolute Gasteiger partial charge is 0.0699 e. The minimum Gasteiger partial charge on any atom is -0.365 e. The van der Waals surface area contributed by atoms with Gasteiger partial charge >= 0.3 is 0 Å². The Balaban J connectivity index is 2.41. The molecule has 188 valence electrons. The summed E-state index contributed by atoms with van der Waals surface area (Å²) < 4.78 is 0. The number of aryl methyl sites for hydroxylation is 2. The van der Waals surface area contributed by atoms with Gasteiger partial charge in [0.05, 0.1) is 22.7 Å². The molecule has 0 aliphatic heterocycles. The lowest BCUT2D eigenvalue weighted by molar-refractivity contribution is 0.607. The molecule has 0 aromatic heterocycles. The molecule has 3 nitrogen and oxygen atoms in total. The lowest BCUT2D eigenvalue weighted by Crippen LogP contribution is -2.39. The largest absolute Gasteiger partial charge is 0.365 e. The number of hydrogen-bond acceptors (Lipinski definition) is 3. The van der Waals surface area contributed by atoms with E-state index in [4.69, 9.17) is 0 Å². The Hall–Kier alpha value is -2.94. The van der Waals surface area contributed by atoms with Crippen molar-refractivity contribution in [3.63, 3.8) is 0 Å². The molecule has 0 unspecified atom stereocenters. The van der Waals surface area contributed by atoms with Crippen molar-refractivity contribution in [2.24, 2.45) is 0 Å². The number of hydrogen-bond donors (Lipinski definition) is 0. The molecular weight excluding hydrogens is 426 g/mol. The van der Waals surface area contributed by atoms with Crippen molar-refractivity contribution in [2.45, 2.75) is 93.4 Å². The molecule has 3 aromatic carbocycles. The third-order valence-corrected chi connectivity index (χ3v) is 6.54. The fourth-order valence-electron chi connectivity index (χ4n) is 5.35. The van der Waals surface area contributed by atoms with Crippen molar-refractivity contribution in [3.8, 4) is 0 Å². The zero-order valence-corrected chi connectivity index (χ0v) is 23.5. The van der Waals surface area contributed by atoms with E-state index >= 15 is 0 Å². The molecule has 0 bridgehead atoms. The standard InChI is InChI=1S/C32H45N3/c1-22(2)33(23(3)4)29-18-16-26(9)20-31(29)35(28-14-12-11-13-15-28)32-21-27(10)17-19-30(32)34(24(5)6)25(7)8/h11-25H,1-10H3. The summed E-state index contributed by atoms with van der Waals surface area (Å²) in [7, 11) is 0. The summed E-state index contributed by atoms with van der Waals surface area (Å²) in [4.78, 5) is 7.53. The van der Waals surface area contributed by atoms with Crippen molar-refractivity contribution < 1.29 is 0 Å². The van der Waals surface area contributed by atoms with Gasteiger partial charge in [0.2, 0.25) is 0 Å². The summed E-state index contributed by atoms with van der Waals surface area (Å²) in [6, 6.07) is 26.1. The fraction of sp³-hybridized carbons (Fsp3) is 0.438. The van der Waals surface area contributed by atoms with E-state index in [1.807, 2.05) is 0 Å². The highest BCUT2D eigenvalue weighted by Crippen LogP contribution is 2.46. The van der Waals surface area contributed by atoms with E-state index < -0.39 is 0 Å². The van der Waals surface area contributed by atoms with E-state index in [0.717, 1.165) is 0 Å². The van der Waals surface area contributed by atoms with Crippen LogP contribution in [-0.4, -0.2) is 24.2 Å². The van der Waals surface area contributed by atoms with Crippen molar-refractivity contribution in [1.29, 1.82) is 0 Å². The monoisotopic (exact) mass is 471 g/mol. The van der Waals surface area contributed by atoms with Crippen LogP contribution in [0.15, 0.2) is 66.7 Å². The van der Waals surface area contributed by atoms with E-state index in [2.05, 4.69) is 151 Å². The van der Waals surface area contributed by atoms with Crippen LogP contribution in [0.1, 0.15) is 66.5 Å². The molecular formula is C32H45N3. The third-order valence-electron chi connectivity index (χ3n) is 6.54. The Morgan fingerprint density at radius 2 is 0.829 bits per heavy atom. The predicted octanol–water partition coefficient (Wildman–Crippen LogP) is 9.02. The van der Waals surface area contributed by atoms with Gasteiger partial charge in [-0.15, -0.1) is 0 Å². The first-order valence-electron chi connectivity index (χ1n) is 13.2. The van der Waals surface area contributed by atoms with E-state index in [1.54, 1.807) is 0 Å². The maximum absolute atomic E-state index is 2.53. The number of para-hydroxylation sites is 1. The first kappa shape index (κ1) is 26.7. The second-order valence-corrected chi connectivity index (χ2v) is 10.8. The molecule has 3 aromatic rings. The van der Waals surface area contributed by atoms with Gasteiger partial charge < -0.3 is 14.7 Å². The highest BCUT2D eigenvalue weighted by atomic mass is 15.3. The maximum atomic E-state index is 2.53. The molecule has 0 saturated carbocycles. The van der Waals surface area contributed by atoms with Crippen LogP contribution in [-0.2, 0) is 0 Å². The Labute approximate surface area is 214 Å². The molecule has 3 heteroatoms. The molecule has 0 amide bonds. The van der Waals surface area contributed by atoms with Crippen LogP contribution in [0.25, 0.3) is 0 Å². The molecule has 0 heterocycles. The molecule has 0 fully saturated rings. The lowest BCUT2D eigenvalue weighted by Gasteiger charge is -2.40. The van der Waals surface area contributed by atoms with Crippen LogP contribution in [0.5, 0.6) is 0 Å². The highest BCUT2D eigenvalue weighted by molar-refractivity contribution is 5.91. The zero-order valence-electron chi connectivity index (χ0n) is 23.5. The Kier molecular flexibility index (Phi) is 8.53. The minimum absolute atomic E-state index is 0.383. The van der Waals surface area contributed by atoms with Gasteiger partial charge in [0.15, 0.2) is 0 Å². The highest BCUT2D eigenvalue weighted by Gasteiger charge is 2.27. The Morgan fingerprint density at radius 3 is 1.17 bits per heavy atom. The summed E-state index contributed by atoms with van der Waals surface area (Å²) in [5, 5.41) is 0. The quantitative estimate of drug-likeness (QED) is 0.308. The molecule has 0 radical (unpaired) electrons. The average molecular weight is 472 g/mol. The van der Waals surface area contributed by atoms with Crippen molar-refractivity contribution in [1.82, 2.24) is 0 Å². The second kappa shape index (κ2) is 11.2. The number of benzene rings is 3. The van der Waals surface area contributed by atoms with Crippen LogP contribution in [0.4, 0.5) is 28.4 Å². The summed E-state index contributed by atoms with van der Waals surface area (Å²) in [6.45, 7) is 22.7. The lowest BCUT2D eigenvalue weighted by atomic mass is 10.0. The topological polar surface area (TPSA) is 9.72 Å². The van der Waals surface area contributed by atoms with Crippen LogP contribution in [0.2, 0.25) is 0 Å². The van der Waals surface area contributed by atoms with Gasteiger partial charge in [0.25, 0.3) is 0 Å². The Bertz CT molecular complexity index is 1010. The molecule has 0 saturated heterocycles. The van der Waals surface area contributed by atoms with Gasteiger partial charge in [0, 0.05) is 29.9 Å². The molecule has 0 N–H and O–H groups in total. The summed E-state index contributed by atoms with van der Waals surface area (Å²) >= 11 is 0. The summed E-state index contributed by atoms with van der Waals surface area (Å²) in [5.74, 6) is 0. The predicted molar refractivity (Wildman–Crippen MR) is 156 cm³/mol. The minimum atomic E-state index is 0.383. The molecule has 0 atom stereocenters.